The Labute approximate surface area is 128 Å². The van der Waals surface area contributed by atoms with Crippen molar-refractivity contribution >= 4 is 17.5 Å². The zero-order valence-corrected chi connectivity index (χ0v) is 12.5. The van der Waals surface area contributed by atoms with Crippen LogP contribution >= 0.6 is 11.6 Å². The molecule has 1 aromatic heterocycles. The normalized spacial score (nSPS) is 18.8. The lowest BCUT2D eigenvalue weighted by atomic mass is 10.2. The first-order valence-corrected chi connectivity index (χ1v) is 7.28. The summed E-state index contributed by atoms with van der Waals surface area (Å²) in [5.41, 5.74) is 0.897. The Morgan fingerprint density at radius 1 is 1.24 bits per heavy atom. The van der Waals surface area contributed by atoms with E-state index in [0.29, 0.717) is 36.2 Å². The molecule has 0 unspecified atom stereocenters. The fourth-order valence-corrected chi connectivity index (χ4v) is 2.51. The molecule has 0 radical (unpaired) electrons. The van der Waals surface area contributed by atoms with Crippen molar-refractivity contribution in [1.29, 1.82) is 0 Å². The van der Waals surface area contributed by atoms with Crippen LogP contribution in [0.2, 0.25) is 5.02 Å². The average molecular weight is 306 g/mol. The maximum absolute atomic E-state index is 12.4. The maximum atomic E-state index is 12.4. The summed E-state index contributed by atoms with van der Waals surface area (Å²) < 4.78 is 11.1. The maximum Gasteiger partial charge on any atom is 0.289 e. The van der Waals surface area contributed by atoms with Gasteiger partial charge in [-0.1, -0.05) is 11.6 Å². The average Bonchev–Trinajstić information content (AvgIpc) is 2.97. The molecule has 0 N–H and O–H groups in total. The molecule has 0 spiro atoms. The molecule has 1 fully saturated rings. The second-order valence-corrected chi connectivity index (χ2v) is 5.54. The Morgan fingerprint density at radius 3 is 2.71 bits per heavy atom. The monoisotopic (exact) mass is 305 g/mol. The SMILES string of the molecule is C[C@@H]1CN(C(=O)c2ccc(-c3ccc(Cl)cc3)o2)CCO1. The highest BCUT2D eigenvalue weighted by molar-refractivity contribution is 6.30. The molecule has 1 amide bonds. The topological polar surface area (TPSA) is 42.7 Å². The van der Waals surface area contributed by atoms with Crippen molar-refractivity contribution in [1.82, 2.24) is 4.90 Å². The highest BCUT2D eigenvalue weighted by Crippen LogP contribution is 2.24. The minimum atomic E-state index is -0.0923. The van der Waals surface area contributed by atoms with Crippen molar-refractivity contribution in [2.24, 2.45) is 0 Å². The van der Waals surface area contributed by atoms with Crippen LogP contribution in [0.3, 0.4) is 0 Å². The Kier molecular flexibility index (Phi) is 3.99. The van der Waals surface area contributed by atoms with Gasteiger partial charge in [0.25, 0.3) is 5.91 Å². The van der Waals surface area contributed by atoms with Gasteiger partial charge in [0.1, 0.15) is 5.76 Å². The molecule has 21 heavy (non-hydrogen) atoms. The number of ether oxygens (including phenoxy) is 1. The molecule has 0 saturated carbocycles. The molecule has 2 aromatic rings. The van der Waals surface area contributed by atoms with Crippen molar-refractivity contribution < 1.29 is 13.9 Å². The second-order valence-electron chi connectivity index (χ2n) is 5.10. The van der Waals surface area contributed by atoms with E-state index >= 15 is 0 Å². The fourth-order valence-electron chi connectivity index (χ4n) is 2.38. The van der Waals surface area contributed by atoms with Crippen molar-refractivity contribution in [2.45, 2.75) is 13.0 Å². The van der Waals surface area contributed by atoms with E-state index in [1.807, 2.05) is 19.1 Å². The van der Waals surface area contributed by atoms with Crippen LogP contribution in [-0.2, 0) is 4.74 Å². The number of benzene rings is 1. The number of furan rings is 1. The summed E-state index contributed by atoms with van der Waals surface area (Å²) in [7, 11) is 0. The lowest BCUT2D eigenvalue weighted by Gasteiger charge is -2.30. The molecule has 2 heterocycles. The van der Waals surface area contributed by atoms with Gasteiger partial charge in [0, 0.05) is 23.7 Å². The number of morpholine rings is 1. The van der Waals surface area contributed by atoms with E-state index in [0.717, 1.165) is 5.56 Å². The first-order chi connectivity index (χ1) is 10.1. The van der Waals surface area contributed by atoms with Gasteiger partial charge in [0.05, 0.1) is 12.7 Å². The highest BCUT2D eigenvalue weighted by Gasteiger charge is 2.24. The molecule has 1 saturated heterocycles. The summed E-state index contributed by atoms with van der Waals surface area (Å²) in [5, 5.41) is 0.670. The van der Waals surface area contributed by atoms with Gasteiger partial charge >= 0.3 is 0 Å². The Hall–Kier alpha value is -1.78. The molecule has 0 aliphatic carbocycles. The number of carbonyl (C=O) groups excluding carboxylic acids is 1. The van der Waals surface area contributed by atoms with Crippen molar-refractivity contribution in [2.75, 3.05) is 19.7 Å². The molecule has 110 valence electrons. The largest absolute Gasteiger partial charge is 0.451 e. The van der Waals surface area contributed by atoms with Gasteiger partial charge in [-0.05, 0) is 43.3 Å². The second kappa shape index (κ2) is 5.92. The van der Waals surface area contributed by atoms with Crippen LogP contribution in [0.25, 0.3) is 11.3 Å². The van der Waals surface area contributed by atoms with Gasteiger partial charge in [0.15, 0.2) is 5.76 Å². The fraction of sp³-hybridized carbons (Fsp3) is 0.312. The quantitative estimate of drug-likeness (QED) is 0.853. The molecule has 1 aliphatic heterocycles. The number of rotatable bonds is 2. The lowest BCUT2D eigenvalue weighted by Crippen LogP contribution is -2.44. The summed E-state index contributed by atoms with van der Waals surface area (Å²) in [4.78, 5) is 14.2. The molecular weight excluding hydrogens is 290 g/mol. The van der Waals surface area contributed by atoms with Crippen LogP contribution in [0.1, 0.15) is 17.5 Å². The Bertz CT molecular complexity index is 635. The van der Waals surface area contributed by atoms with Crippen LogP contribution in [0.15, 0.2) is 40.8 Å². The number of hydrogen-bond donors (Lipinski definition) is 0. The summed E-state index contributed by atoms with van der Waals surface area (Å²) >= 11 is 5.87. The molecular formula is C16H16ClNO3. The number of carbonyl (C=O) groups is 1. The molecule has 0 bridgehead atoms. The zero-order chi connectivity index (χ0) is 14.8. The minimum absolute atomic E-state index is 0.0633. The van der Waals surface area contributed by atoms with Gasteiger partial charge in [0.2, 0.25) is 0 Å². The third-order valence-corrected chi connectivity index (χ3v) is 3.73. The smallest absolute Gasteiger partial charge is 0.289 e. The number of nitrogens with zero attached hydrogens (tertiary/aromatic N) is 1. The molecule has 1 aliphatic rings. The van der Waals surface area contributed by atoms with Gasteiger partial charge < -0.3 is 14.1 Å². The standard InChI is InChI=1S/C16H16ClNO3/c1-11-10-18(8-9-20-11)16(19)15-7-6-14(21-15)12-2-4-13(17)5-3-12/h2-7,11H,8-10H2,1H3/t11-/m1/s1. The minimum Gasteiger partial charge on any atom is -0.451 e. The van der Waals surface area contributed by atoms with Gasteiger partial charge in [-0.2, -0.15) is 0 Å². The van der Waals surface area contributed by atoms with Crippen LogP contribution < -0.4 is 0 Å². The lowest BCUT2D eigenvalue weighted by molar-refractivity contribution is -0.0134. The number of halogens is 1. The molecule has 1 atom stereocenters. The Morgan fingerprint density at radius 2 is 2.00 bits per heavy atom. The number of amides is 1. The number of hydrogen-bond acceptors (Lipinski definition) is 3. The molecule has 1 aromatic carbocycles. The van der Waals surface area contributed by atoms with Crippen LogP contribution in [0, 0.1) is 0 Å². The molecule has 3 rings (SSSR count). The van der Waals surface area contributed by atoms with Crippen LogP contribution in [0.4, 0.5) is 0 Å². The summed E-state index contributed by atoms with van der Waals surface area (Å²) in [6.45, 7) is 3.72. The summed E-state index contributed by atoms with van der Waals surface area (Å²) in [6, 6.07) is 10.8. The van der Waals surface area contributed by atoms with E-state index in [4.69, 9.17) is 20.8 Å². The van der Waals surface area contributed by atoms with Gasteiger partial charge in [-0.25, -0.2) is 0 Å². The highest BCUT2D eigenvalue weighted by atomic mass is 35.5. The first kappa shape index (κ1) is 14.2. The molecule has 4 nitrogen and oxygen atoms in total. The molecule has 5 heteroatoms. The predicted octanol–water partition coefficient (Wildman–Crippen LogP) is 3.46. The predicted molar refractivity (Wildman–Crippen MR) is 80.5 cm³/mol. The van der Waals surface area contributed by atoms with E-state index in [-0.39, 0.29) is 12.0 Å². The first-order valence-electron chi connectivity index (χ1n) is 6.90. The van der Waals surface area contributed by atoms with Crippen molar-refractivity contribution in [3.8, 4) is 11.3 Å². The van der Waals surface area contributed by atoms with Crippen LogP contribution in [0.5, 0.6) is 0 Å². The van der Waals surface area contributed by atoms with E-state index in [1.54, 1.807) is 29.2 Å². The Balaban J connectivity index is 1.78. The van der Waals surface area contributed by atoms with Gasteiger partial charge in [-0.15, -0.1) is 0 Å². The van der Waals surface area contributed by atoms with Gasteiger partial charge in [-0.3, -0.25) is 4.79 Å². The van der Waals surface area contributed by atoms with Crippen molar-refractivity contribution in [3.05, 3.63) is 47.2 Å². The van der Waals surface area contributed by atoms with E-state index in [2.05, 4.69) is 0 Å². The zero-order valence-electron chi connectivity index (χ0n) is 11.7. The third kappa shape index (κ3) is 3.12. The third-order valence-electron chi connectivity index (χ3n) is 3.47. The van der Waals surface area contributed by atoms with Crippen molar-refractivity contribution in [3.63, 3.8) is 0 Å². The van der Waals surface area contributed by atoms with E-state index in [9.17, 15) is 4.79 Å². The van der Waals surface area contributed by atoms with E-state index < -0.39 is 0 Å². The summed E-state index contributed by atoms with van der Waals surface area (Å²) in [6.07, 6.45) is 0.0633. The summed E-state index contributed by atoms with van der Waals surface area (Å²) in [5.74, 6) is 0.927. The van der Waals surface area contributed by atoms with Crippen LogP contribution in [-0.4, -0.2) is 36.6 Å². The van der Waals surface area contributed by atoms with E-state index in [1.165, 1.54) is 0 Å².